The number of halogens is 2. The average molecular weight is 446 g/mol. The van der Waals surface area contributed by atoms with E-state index in [1.165, 1.54) is 0 Å². The summed E-state index contributed by atoms with van der Waals surface area (Å²) in [5, 5.41) is 1.54. The molecule has 1 N–H and O–H groups in total. The lowest BCUT2D eigenvalue weighted by molar-refractivity contribution is 0.0992. The Bertz CT molecular complexity index is 853. The number of carbonyl (C=O) groups excluding carboxylic acids is 1. The molecule has 0 aromatic heterocycles. The lowest BCUT2D eigenvalue weighted by Crippen LogP contribution is -2.36. The van der Waals surface area contributed by atoms with E-state index in [0.29, 0.717) is 5.56 Å². The number of nitrogens with one attached hydrogen (secondary N) is 1. The van der Waals surface area contributed by atoms with Crippen molar-refractivity contribution in [1.82, 2.24) is 0 Å². The summed E-state index contributed by atoms with van der Waals surface area (Å²) in [6, 6.07) is 24.5. The van der Waals surface area contributed by atoms with Gasteiger partial charge in [-0.2, -0.15) is 0 Å². The highest BCUT2D eigenvalue weighted by molar-refractivity contribution is 9.10. The Hall–Kier alpha value is -2.11. The molecule has 24 heavy (non-hydrogen) atoms. The summed E-state index contributed by atoms with van der Waals surface area (Å²) < 4.78 is 1.84. The molecule has 3 nitrogen and oxygen atoms in total. The highest BCUT2D eigenvalue weighted by Gasteiger charge is 2.18. The van der Waals surface area contributed by atoms with Crippen LogP contribution >= 0.6 is 31.9 Å². The second-order valence-electron chi connectivity index (χ2n) is 5.11. The maximum atomic E-state index is 13.0. The summed E-state index contributed by atoms with van der Waals surface area (Å²) in [6.45, 7) is 0. The fourth-order valence-electron chi connectivity index (χ4n) is 2.24. The van der Waals surface area contributed by atoms with E-state index in [0.717, 1.165) is 20.3 Å². The predicted molar refractivity (Wildman–Crippen MR) is 105 cm³/mol. The molecule has 0 aliphatic heterocycles. The molecule has 0 unspecified atom stereocenters. The molecule has 120 valence electrons. The zero-order valence-electron chi connectivity index (χ0n) is 12.6. The van der Waals surface area contributed by atoms with Gasteiger partial charge in [-0.05, 0) is 48.5 Å². The number of hydrazine groups is 1. The first-order valence-electron chi connectivity index (χ1n) is 7.31. The smallest absolute Gasteiger partial charge is 0.276 e. The molecule has 0 saturated heterocycles. The number of hydrogen-bond donors (Lipinski definition) is 1. The Labute approximate surface area is 157 Å². The first kappa shape index (κ1) is 16.7. The highest BCUT2D eigenvalue weighted by atomic mass is 79.9. The largest absolute Gasteiger partial charge is 0.291 e. The predicted octanol–water partition coefficient (Wildman–Crippen LogP) is 5.89. The number of carbonyl (C=O) groups is 1. The average Bonchev–Trinajstić information content (AvgIpc) is 2.60. The van der Waals surface area contributed by atoms with Crippen LogP contribution in [0.4, 0.5) is 11.4 Å². The first-order valence-corrected chi connectivity index (χ1v) is 8.89. The molecule has 3 aromatic rings. The van der Waals surface area contributed by atoms with Gasteiger partial charge >= 0.3 is 0 Å². The number of hydrogen-bond acceptors (Lipinski definition) is 2. The molecular weight excluding hydrogens is 432 g/mol. The molecule has 0 atom stereocenters. The Balaban J connectivity index is 1.99. The molecule has 0 aliphatic rings. The van der Waals surface area contributed by atoms with Crippen LogP contribution in [0.2, 0.25) is 0 Å². The van der Waals surface area contributed by atoms with Crippen LogP contribution in [0, 0.1) is 0 Å². The van der Waals surface area contributed by atoms with Gasteiger partial charge in [0.2, 0.25) is 0 Å². The highest BCUT2D eigenvalue weighted by Crippen LogP contribution is 2.24. The molecular formula is C19H14Br2N2O. The van der Waals surface area contributed by atoms with Crippen LogP contribution in [0.25, 0.3) is 0 Å². The van der Waals surface area contributed by atoms with Crippen LogP contribution in [0.3, 0.4) is 0 Å². The molecule has 0 fully saturated rings. The molecule has 0 radical (unpaired) electrons. The topological polar surface area (TPSA) is 32.3 Å². The van der Waals surface area contributed by atoms with E-state index in [4.69, 9.17) is 0 Å². The van der Waals surface area contributed by atoms with Gasteiger partial charge in [0.15, 0.2) is 0 Å². The molecule has 5 heteroatoms. The summed E-state index contributed by atoms with van der Waals surface area (Å²) in [4.78, 5) is 13.0. The van der Waals surface area contributed by atoms with Crippen molar-refractivity contribution in [2.75, 3.05) is 10.4 Å². The third kappa shape index (κ3) is 4.04. The van der Waals surface area contributed by atoms with Crippen molar-refractivity contribution in [3.8, 4) is 0 Å². The standard InChI is InChI=1S/C19H14Br2N2O/c20-15-8-4-10-17(12-15)22-23(18-11-5-9-16(21)13-18)19(24)14-6-2-1-3-7-14/h1-13,22H. The molecule has 0 spiro atoms. The number of benzene rings is 3. The third-order valence-corrected chi connectivity index (χ3v) is 4.34. The van der Waals surface area contributed by atoms with Gasteiger partial charge in [-0.15, -0.1) is 0 Å². The van der Waals surface area contributed by atoms with Gasteiger partial charge in [0.1, 0.15) is 0 Å². The quantitative estimate of drug-likeness (QED) is 0.508. The first-order chi connectivity index (χ1) is 11.6. The zero-order chi connectivity index (χ0) is 16.9. The van der Waals surface area contributed by atoms with Crippen molar-refractivity contribution < 1.29 is 4.79 Å². The van der Waals surface area contributed by atoms with Crippen LogP contribution in [0.5, 0.6) is 0 Å². The summed E-state index contributed by atoms with van der Waals surface area (Å²) in [6.07, 6.45) is 0. The maximum absolute atomic E-state index is 13.0. The van der Waals surface area contributed by atoms with E-state index in [9.17, 15) is 4.79 Å². The van der Waals surface area contributed by atoms with Crippen molar-refractivity contribution >= 4 is 49.1 Å². The molecule has 1 amide bonds. The van der Waals surface area contributed by atoms with E-state index < -0.39 is 0 Å². The van der Waals surface area contributed by atoms with Crippen molar-refractivity contribution in [3.05, 3.63) is 93.4 Å². The number of nitrogens with zero attached hydrogens (tertiary/aromatic N) is 1. The number of anilines is 2. The van der Waals surface area contributed by atoms with Gasteiger partial charge < -0.3 is 0 Å². The van der Waals surface area contributed by atoms with Gasteiger partial charge in [0.25, 0.3) is 5.91 Å². The SMILES string of the molecule is O=C(c1ccccc1)N(Nc1cccc(Br)c1)c1cccc(Br)c1. The van der Waals surface area contributed by atoms with E-state index >= 15 is 0 Å². The molecule has 0 heterocycles. The zero-order valence-corrected chi connectivity index (χ0v) is 15.8. The van der Waals surface area contributed by atoms with Gasteiger partial charge in [0.05, 0.1) is 11.4 Å². The lowest BCUT2D eigenvalue weighted by atomic mass is 10.2. The minimum atomic E-state index is -0.131. The molecule has 0 saturated carbocycles. The van der Waals surface area contributed by atoms with Crippen LogP contribution in [0.1, 0.15) is 10.4 Å². The number of amides is 1. The van der Waals surface area contributed by atoms with Crippen LogP contribution in [-0.2, 0) is 0 Å². The third-order valence-electron chi connectivity index (χ3n) is 3.36. The Morgan fingerprint density at radius 1 is 0.792 bits per heavy atom. The normalized spacial score (nSPS) is 10.2. The monoisotopic (exact) mass is 444 g/mol. The van der Waals surface area contributed by atoms with E-state index in [1.807, 2.05) is 66.7 Å². The van der Waals surface area contributed by atoms with Gasteiger partial charge in [-0.25, -0.2) is 5.01 Å². The van der Waals surface area contributed by atoms with Crippen molar-refractivity contribution in [2.24, 2.45) is 0 Å². The molecule has 0 bridgehead atoms. The van der Waals surface area contributed by atoms with Gasteiger partial charge in [-0.3, -0.25) is 10.2 Å². The summed E-state index contributed by atoms with van der Waals surface area (Å²) in [7, 11) is 0. The minimum Gasteiger partial charge on any atom is -0.291 e. The maximum Gasteiger partial charge on any atom is 0.276 e. The summed E-state index contributed by atoms with van der Waals surface area (Å²) in [5.41, 5.74) is 5.37. The molecule has 3 aromatic carbocycles. The second kappa shape index (κ2) is 7.64. The fourth-order valence-corrected chi connectivity index (χ4v) is 3.03. The van der Waals surface area contributed by atoms with Gasteiger partial charge in [0, 0.05) is 14.5 Å². The van der Waals surface area contributed by atoms with E-state index in [2.05, 4.69) is 37.3 Å². The van der Waals surface area contributed by atoms with E-state index in [-0.39, 0.29) is 5.91 Å². The Morgan fingerprint density at radius 3 is 2.12 bits per heavy atom. The summed E-state index contributed by atoms with van der Waals surface area (Å²) in [5.74, 6) is -0.131. The molecule has 3 rings (SSSR count). The van der Waals surface area contributed by atoms with Crippen molar-refractivity contribution in [3.63, 3.8) is 0 Å². The molecule has 0 aliphatic carbocycles. The Kier molecular flexibility index (Phi) is 5.33. The van der Waals surface area contributed by atoms with Crippen LogP contribution in [0.15, 0.2) is 87.8 Å². The van der Waals surface area contributed by atoms with Gasteiger partial charge in [-0.1, -0.05) is 62.2 Å². The van der Waals surface area contributed by atoms with Crippen molar-refractivity contribution in [2.45, 2.75) is 0 Å². The lowest BCUT2D eigenvalue weighted by Gasteiger charge is -2.25. The van der Waals surface area contributed by atoms with Crippen molar-refractivity contribution in [1.29, 1.82) is 0 Å². The minimum absolute atomic E-state index is 0.131. The van der Waals surface area contributed by atoms with Crippen LogP contribution < -0.4 is 10.4 Å². The van der Waals surface area contributed by atoms with E-state index in [1.54, 1.807) is 17.1 Å². The second-order valence-corrected chi connectivity index (χ2v) is 6.94. The Morgan fingerprint density at radius 2 is 1.46 bits per heavy atom. The number of rotatable bonds is 4. The summed E-state index contributed by atoms with van der Waals surface area (Å²) >= 11 is 6.91. The van der Waals surface area contributed by atoms with Crippen LogP contribution in [-0.4, -0.2) is 5.91 Å². The fraction of sp³-hybridized carbons (Fsp3) is 0.